The van der Waals surface area contributed by atoms with Crippen LogP contribution in [0.5, 0.6) is 0 Å². The van der Waals surface area contributed by atoms with Crippen molar-refractivity contribution in [2.24, 2.45) is 0 Å². The summed E-state index contributed by atoms with van der Waals surface area (Å²) in [6.45, 7) is 6.35. The molecule has 0 aromatic rings. The van der Waals surface area contributed by atoms with Gasteiger partial charge in [0.1, 0.15) is 13.2 Å². The fourth-order valence-electron chi connectivity index (χ4n) is 7.18. The van der Waals surface area contributed by atoms with E-state index in [1.165, 1.54) is 103 Å². The number of unbranched alkanes of at least 4 members (excludes halogenated alkanes) is 22. The minimum atomic E-state index is -0.805. The van der Waals surface area contributed by atoms with Gasteiger partial charge in [0.2, 0.25) is 0 Å². The lowest BCUT2D eigenvalue weighted by molar-refractivity contribution is -0.167. The van der Waals surface area contributed by atoms with Crippen LogP contribution in [0.25, 0.3) is 0 Å². The molecular weight excluding hydrogens is 793 g/mol. The maximum Gasteiger partial charge on any atom is 0.306 e. The van der Waals surface area contributed by atoms with Crippen LogP contribution in [-0.4, -0.2) is 37.2 Å². The number of hydrogen-bond donors (Lipinski definition) is 0. The SMILES string of the molecule is CC/C=C\C/C=C\C/C=C\CCCCCCCCC(=O)OC(COC(=O)CCC/C=C\C/C=C\C/C=C\CC)COC(=O)CCCCCCCCC/C=C\CCCCCCCCCC. The van der Waals surface area contributed by atoms with Crippen LogP contribution in [0, 0.1) is 0 Å². The normalized spacial score (nSPS) is 12.7. The first kappa shape index (κ1) is 60.6. The van der Waals surface area contributed by atoms with Crippen LogP contribution in [-0.2, 0) is 28.6 Å². The maximum atomic E-state index is 12.8. The standard InChI is InChI=1S/C58H98O6/c1-4-7-10-13-16-19-22-24-26-28-29-30-32-33-36-39-42-45-48-51-57(60)63-54-55(53-62-56(59)50-47-44-41-38-35-21-18-15-12-9-6-3)64-58(61)52-49-46-43-40-37-34-31-27-25-23-20-17-14-11-8-5-2/h8-9,11-12,17-18,20-21,25,27-29,38,41,55H,4-7,10,13-16,19,22-24,26,30-37,39-40,42-54H2,1-3H3/b11-8-,12-9-,20-17-,21-18-,27-25-,29-28-,41-38-. The minimum Gasteiger partial charge on any atom is -0.462 e. The Morgan fingerprint density at radius 1 is 0.328 bits per heavy atom. The summed E-state index contributed by atoms with van der Waals surface area (Å²) in [5.74, 6) is -0.974. The predicted molar refractivity (Wildman–Crippen MR) is 274 cm³/mol. The molecule has 0 amide bonds. The number of hydrogen-bond acceptors (Lipinski definition) is 6. The Kier molecular flexibility index (Phi) is 49.4. The Morgan fingerprint density at radius 2 is 0.625 bits per heavy atom. The average Bonchev–Trinajstić information content (AvgIpc) is 3.29. The highest BCUT2D eigenvalue weighted by atomic mass is 16.6. The highest BCUT2D eigenvalue weighted by Gasteiger charge is 2.19. The van der Waals surface area contributed by atoms with E-state index in [0.717, 1.165) is 96.3 Å². The van der Waals surface area contributed by atoms with Crippen molar-refractivity contribution in [2.75, 3.05) is 13.2 Å². The van der Waals surface area contributed by atoms with Crippen molar-refractivity contribution in [3.63, 3.8) is 0 Å². The predicted octanol–water partition coefficient (Wildman–Crippen LogP) is 17.6. The highest BCUT2D eigenvalue weighted by Crippen LogP contribution is 2.14. The molecule has 6 heteroatoms. The Hall–Kier alpha value is -3.41. The van der Waals surface area contributed by atoms with Crippen molar-refractivity contribution in [1.29, 1.82) is 0 Å². The number of allylic oxidation sites excluding steroid dienone is 14. The zero-order chi connectivity index (χ0) is 46.5. The largest absolute Gasteiger partial charge is 0.462 e. The van der Waals surface area contributed by atoms with Gasteiger partial charge in [0.15, 0.2) is 6.10 Å². The van der Waals surface area contributed by atoms with Gasteiger partial charge in [0.05, 0.1) is 0 Å². The third-order valence-corrected chi connectivity index (χ3v) is 11.1. The van der Waals surface area contributed by atoms with Gasteiger partial charge in [-0.1, -0.05) is 209 Å². The van der Waals surface area contributed by atoms with Crippen molar-refractivity contribution in [3.05, 3.63) is 85.1 Å². The molecule has 0 aliphatic rings. The first-order chi connectivity index (χ1) is 31.5. The van der Waals surface area contributed by atoms with Crippen molar-refractivity contribution >= 4 is 17.9 Å². The fraction of sp³-hybridized carbons (Fsp3) is 0.707. The third kappa shape index (κ3) is 49.6. The molecule has 0 N–H and O–H groups in total. The van der Waals surface area contributed by atoms with Gasteiger partial charge in [-0.15, -0.1) is 0 Å². The smallest absolute Gasteiger partial charge is 0.306 e. The third-order valence-electron chi connectivity index (χ3n) is 11.1. The number of carbonyl (C=O) groups excluding carboxylic acids is 3. The Morgan fingerprint density at radius 3 is 1.03 bits per heavy atom. The van der Waals surface area contributed by atoms with Gasteiger partial charge in [-0.2, -0.15) is 0 Å². The molecule has 0 fully saturated rings. The zero-order valence-electron chi connectivity index (χ0n) is 41.8. The molecule has 366 valence electrons. The monoisotopic (exact) mass is 891 g/mol. The lowest BCUT2D eigenvalue weighted by atomic mass is 10.1. The molecule has 0 saturated heterocycles. The molecule has 0 rings (SSSR count). The molecule has 0 aliphatic heterocycles. The van der Waals surface area contributed by atoms with Crippen LogP contribution >= 0.6 is 0 Å². The molecule has 0 saturated carbocycles. The molecule has 0 heterocycles. The molecule has 0 aliphatic carbocycles. The molecule has 0 spiro atoms. The summed E-state index contributed by atoms with van der Waals surface area (Å²) in [7, 11) is 0. The molecule has 6 nitrogen and oxygen atoms in total. The summed E-state index contributed by atoms with van der Waals surface area (Å²) < 4.78 is 16.7. The molecule has 0 aromatic heterocycles. The van der Waals surface area contributed by atoms with E-state index in [-0.39, 0.29) is 37.5 Å². The van der Waals surface area contributed by atoms with E-state index in [2.05, 4.69) is 106 Å². The second-order valence-electron chi connectivity index (χ2n) is 17.4. The number of ether oxygens (including phenoxy) is 3. The van der Waals surface area contributed by atoms with Crippen LogP contribution in [0.3, 0.4) is 0 Å². The van der Waals surface area contributed by atoms with E-state index >= 15 is 0 Å². The van der Waals surface area contributed by atoms with Crippen LogP contribution in [0.1, 0.15) is 245 Å². The Balaban J connectivity index is 4.40. The van der Waals surface area contributed by atoms with E-state index in [1.807, 2.05) is 0 Å². The Bertz CT molecular complexity index is 1250. The topological polar surface area (TPSA) is 78.9 Å². The first-order valence-electron chi connectivity index (χ1n) is 26.6. The fourth-order valence-corrected chi connectivity index (χ4v) is 7.18. The average molecular weight is 891 g/mol. The van der Waals surface area contributed by atoms with E-state index in [9.17, 15) is 14.4 Å². The second-order valence-corrected chi connectivity index (χ2v) is 17.4. The highest BCUT2D eigenvalue weighted by molar-refractivity contribution is 5.71. The van der Waals surface area contributed by atoms with Crippen LogP contribution in [0.2, 0.25) is 0 Å². The first-order valence-corrected chi connectivity index (χ1v) is 26.6. The van der Waals surface area contributed by atoms with Gasteiger partial charge >= 0.3 is 17.9 Å². The van der Waals surface area contributed by atoms with Crippen molar-refractivity contribution in [1.82, 2.24) is 0 Å². The molecular formula is C58H98O6. The molecule has 0 aromatic carbocycles. The summed E-state index contributed by atoms with van der Waals surface area (Å²) in [5.41, 5.74) is 0. The quantitative estimate of drug-likeness (QED) is 0.0262. The summed E-state index contributed by atoms with van der Waals surface area (Å²) >= 11 is 0. The number of carbonyl (C=O) groups is 3. The molecule has 0 radical (unpaired) electrons. The van der Waals surface area contributed by atoms with Gasteiger partial charge in [-0.3, -0.25) is 14.4 Å². The van der Waals surface area contributed by atoms with Gasteiger partial charge in [0, 0.05) is 19.3 Å². The van der Waals surface area contributed by atoms with Gasteiger partial charge in [0.25, 0.3) is 0 Å². The molecule has 1 atom stereocenters. The Labute approximate surface area is 395 Å². The molecule has 1 unspecified atom stereocenters. The van der Waals surface area contributed by atoms with E-state index in [1.54, 1.807) is 0 Å². The van der Waals surface area contributed by atoms with Crippen molar-refractivity contribution < 1.29 is 28.6 Å². The van der Waals surface area contributed by atoms with E-state index in [0.29, 0.717) is 19.3 Å². The molecule has 0 bridgehead atoms. The summed E-state index contributed by atoms with van der Waals surface area (Å²) in [4.78, 5) is 38.0. The minimum absolute atomic E-state index is 0.100. The summed E-state index contributed by atoms with van der Waals surface area (Å²) in [6.07, 6.45) is 67.3. The lowest BCUT2D eigenvalue weighted by Gasteiger charge is -2.18. The van der Waals surface area contributed by atoms with Gasteiger partial charge < -0.3 is 14.2 Å². The van der Waals surface area contributed by atoms with Crippen molar-refractivity contribution in [2.45, 2.75) is 252 Å². The second kappa shape index (κ2) is 52.2. The van der Waals surface area contributed by atoms with Crippen LogP contribution < -0.4 is 0 Å². The lowest BCUT2D eigenvalue weighted by Crippen LogP contribution is -2.30. The zero-order valence-corrected chi connectivity index (χ0v) is 41.8. The summed E-state index contributed by atoms with van der Waals surface area (Å²) in [6, 6.07) is 0. The maximum absolute atomic E-state index is 12.8. The van der Waals surface area contributed by atoms with Crippen LogP contribution in [0.4, 0.5) is 0 Å². The van der Waals surface area contributed by atoms with Crippen molar-refractivity contribution in [3.8, 4) is 0 Å². The number of esters is 3. The molecule has 64 heavy (non-hydrogen) atoms. The van der Waals surface area contributed by atoms with Crippen LogP contribution in [0.15, 0.2) is 85.1 Å². The van der Waals surface area contributed by atoms with E-state index in [4.69, 9.17) is 14.2 Å². The summed E-state index contributed by atoms with van der Waals surface area (Å²) in [5, 5.41) is 0. The number of rotatable bonds is 47. The van der Waals surface area contributed by atoms with Gasteiger partial charge in [-0.25, -0.2) is 0 Å². The van der Waals surface area contributed by atoms with E-state index < -0.39 is 6.10 Å². The van der Waals surface area contributed by atoms with Gasteiger partial charge in [-0.05, 0) is 103 Å².